The number of hydrogen-bond acceptors (Lipinski definition) is 4. The average Bonchev–Trinajstić information content (AvgIpc) is 2.46. The van der Waals surface area contributed by atoms with E-state index >= 15 is 0 Å². The van der Waals surface area contributed by atoms with Gasteiger partial charge in [-0.05, 0) is 30.9 Å². The first-order valence-electron chi connectivity index (χ1n) is 6.22. The normalized spacial score (nSPS) is 10.3. The molecule has 0 atom stereocenters. The number of benzene rings is 2. The van der Waals surface area contributed by atoms with Gasteiger partial charge in [0.25, 0.3) is 5.69 Å². The van der Waals surface area contributed by atoms with Crippen LogP contribution in [0.5, 0.6) is 0 Å². The van der Waals surface area contributed by atoms with Crippen LogP contribution >= 0.6 is 11.8 Å². The molecule has 0 saturated carbocycles. The largest absolute Gasteiger partial charge is 0.380 e. The summed E-state index contributed by atoms with van der Waals surface area (Å²) in [5.74, 6) is 0. The van der Waals surface area contributed by atoms with Gasteiger partial charge < -0.3 is 5.32 Å². The molecule has 4 nitrogen and oxygen atoms in total. The Balaban J connectivity index is 2.15. The van der Waals surface area contributed by atoms with Gasteiger partial charge in [0.05, 0.1) is 4.92 Å². The molecule has 0 unspecified atom stereocenters. The summed E-state index contributed by atoms with van der Waals surface area (Å²) in [4.78, 5) is 11.8. The standard InChI is InChI=1S/C15H16N2O2S/c1-11-7-8-12(9-14(11)17(18)19)10-16-13-5-3-4-6-15(13)20-2/h3-9,16H,10H2,1-2H3. The third kappa shape index (κ3) is 3.30. The summed E-state index contributed by atoms with van der Waals surface area (Å²) in [6, 6.07) is 13.4. The maximum absolute atomic E-state index is 10.9. The molecular weight excluding hydrogens is 272 g/mol. The van der Waals surface area contributed by atoms with Crippen molar-refractivity contribution >= 4 is 23.1 Å². The smallest absolute Gasteiger partial charge is 0.272 e. The lowest BCUT2D eigenvalue weighted by molar-refractivity contribution is -0.385. The number of aryl methyl sites for hydroxylation is 1. The molecule has 0 aromatic heterocycles. The predicted molar refractivity (Wildman–Crippen MR) is 83.4 cm³/mol. The minimum absolute atomic E-state index is 0.169. The van der Waals surface area contributed by atoms with Gasteiger partial charge in [-0.15, -0.1) is 11.8 Å². The zero-order valence-electron chi connectivity index (χ0n) is 11.4. The predicted octanol–water partition coefficient (Wildman–Crippen LogP) is 4.24. The van der Waals surface area contributed by atoms with Gasteiger partial charge in [0.2, 0.25) is 0 Å². The second kappa shape index (κ2) is 6.43. The third-order valence-electron chi connectivity index (χ3n) is 3.06. The van der Waals surface area contributed by atoms with Gasteiger partial charge in [0.15, 0.2) is 0 Å². The maximum atomic E-state index is 10.9. The van der Waals surface area contributed by atoms with E-state index in [2.05, 4.69) is 5.32 Å². The van der Waals surface area contributed by atoms with Crippen molar-refractivity contribution in [2.75, 3.05) is 11.6 Å². The number of thioether (sulfide) groups is 1. The van der Waals surface area contributed by atoms with Crippen molar-refractivity contribution in [3.05, 3.63) is 63.7 Å². The molecule has 0 aliphatic rings. The van der Waals surface area contributed by atoms with E-state index in [4.69, 9.17) is 0 Å². The summed E-state index contributed by atoms with van der Waals surface area (Å²) in [6.07, 6.45) is 2.03. The zero-order valence-corrected chi connectivity index (χ0v) is 12.2. The van der Waals surface area contributed by atoms with Crippen LogP contribution in [0.4, 0.5) is 11.4 Å². The fraction of sp³-hybridized carbons (Fsp3) is 0.200. The van der Waals surface area contributed by atoms with Crippen LogP contribution in [0.1, 0.15) is 11.1 Å². The SMILES string of the molecule is CSc1ccccc1NCc1ccc(C)c([N+](=O)[O-])c1. The monoisotopic (exact) mass is 288 g/mol. The molecule has 20 heavy (non-hydrogen) atoms. The summed E-state index contributed by atoms with van der Waals surface area (Å²) in [6.45, 7) is 2.32. The molecule has 0 radical (unpaired) electrons. The Kier molecular flexibility index (Phi) is 4.63. The lowest BCUT2D eigenvalue weighted by Crippen LogP contribution is -2.02. The van der Waals surface area contributed by atoms with Gasteiger partial charge in [-0.25, -0.2) is 0 Å². The Hall–Kier alpha value is -2.01. The van der Waals surface area contributed by atoms with E-state index < -0.39 is 0 Å². The molecule has 0 saturated heterocycles. The number of nitrogens with zero attached hydrogens (tertiary/aromatic N) is 1. The summed E-state index contributed by atoms with van der Waals surface area (Å²) in [5.41, 5.74) is 2.80. The first kappa shape index (κ1) is 14.4. The molecule has 2 rings (SSSR count). The maximum Gasteiger partial charge on any atom is 0.272 e. The van der Waals surface area contributed by atoms with Crippen molar-refractivity contribution in [2.45, 2.75) is 18.4 Å². The quantitative estimate of drug-likeness (QED) is 0.508. The number of nitro benzene ring substituents is 1. The van der Waals surface area contributed by atoms with Gasteiger partial charge in [-0.3, -0.25) is 10.1 Å². The van der Waals surface area contributed by atoms with Crippen LogP contribution in [0, 0.1) is 17.0 Å². The van der Waals surface area contributed by atoms with E-state index in [1.54, 1.807) is 30.8 Å². The molecule has 1 N–H and O–H groups in total. The molecule has 0 spiro atoms. The molecule has 104 valence electrons. The molecule has 0 fully saturated rings. The summed E-state index contributed by atoms with van der Waals surface area (Å²) >= 11 is 1.67. The Bertz CT molecular complexity index is 629. The Labute approximate surface area is 122 Å². The van der Waals surface area contributed by atoms with E-state index in [-0.39, 0.29) is 10.6 Å². The number of nitro groups is 1. The number of rotatable bonds is 5. The molecule has 5 heteroatoms. The molecular formula is C15H16N2O2S. The minimum Gasteiger partial charge on any atom is -0.380 e. The van der Waals surface area contributed by atoms with Crippen LogP contribution in [0.3, 0.4) is 0 Å². The van der Waals surface area contributed by atoms with Crippen LogP contribution in [0.2, 0.25) is 0 Å². The van der Waals surface area contributed by atoms with E-state index in [1.807, 2.05) is 36.6 Å². The van der Waals surface area contributed by atoms with Crippen LogP contribution in [0.25, 0.3) is 0 Å². The first-order valence-corrected chi connectivity index (χ1v) is 7.45. The third-order valence-corrected chi connectivity index (χ3v) is 3.86. The highest BCUT2D eigenvalue weighted by atomic mass is 32.2. The van der Waals surface area contributed by atoms with Crippen molar-refractivity contribution in [1.82, 2.24) is 0 Å². The first-order chi connectivity index (χ1) is 9.61. The molecule has 0 amide bonds. The molecule has 0 bridgehead atoms. The number of anilines is 1. The Morgan fingerprint density at radius 1 is 1.25 bits per heavy atom. The van der Waals surface area contributed by atoms with Crippen LogP contribution in [-0.4, -0.2) is 11.2 Å². The number of hydrogen-bond donors (Lipinski definition) is 1. The van der Waals surface area contributed by atoms with Crippen molar-refractivity contribution in [3.8, 4) is 0 Å². The van der Waals surface area contributed by atoms with Crippen molar-refractivity contribution in [1.29, 1.82) is 0 Å². The van der Waals surface area contributed by atoms with E-state index in [0.29, 0.717) is 12.1 Å². The van der Waals surface area contributed by atoms with Crippen molar-refractivity contribution in [3.63, 3.8) is 0 Å². The lowest BCUT2D eigenvalue weighted by Gasteiger charge is -2.10. The Morgan fingerprint density at radius 3 is 2.70 bits per heavy atom. The topological polar surface area (TPSA) is 55.2 Å². The van der Waals surface area contributed by atoms with E-state index in [9.17, 15) is 10.1 Å². The van der Waals surface area contributed by atoms with Gasteiger partial charge in [-0.1, -0.05) is 24.3 Å². The molecule has 2 aromatic carbocycles. The number of para-hydroxylation sites is 1. The summed E-state index contributed by atoms with van der Waals surface area (Å²) in [5, 5.41) is 14.3. The van der Waals surface area contributed by atoms with Crippen molar-refractivity contribution in [2.24, 2.45) is 0 Å². The average molecular weight is 288 g/mol. The van der Waals surface area contributed by atoms with Crippen molar-refractivity contribution < 1.29 is 4.92 Å². The molecule has 0 aliphatic carbocycles. The highest BCUT2D eigenvalue weighted by molar-refractivity contribution is 7.98. The van der Waals surface area contributed by atoms with Crippen LogP contribution < -0.4 is 5.32 Å². The van der Waals surface area contributed by atoms with E-state index in [0.717, 1.165) is 16.1 Å². The summed E-state index contributed by atoms with van der Waals surface area (Å²) in [7, 11) is 0. The van der Waals surface area contributed by atoms with Gasteiger partial charge in [0, 0.05) is 28.8 Å². The van der Waals surface area contributed by atoms with Gasteiger partial charge in [0.1, 0.15) is 0 Å². The molecule has 0 heterocycles. The minimum atomic E-state index is -0.339. The fourth-order valence-corrected chi connectivity index (χ4v) is 2.52. The molecule has 0 aliphatic heterocycles. The second-order valence-corrected chi connectivity index (χ2v) is 5.28. The van der Waals surface area contributed by atoms with E-state index in [1.165, 1.54) is 0 Å². The van der Waals surface area contributed by atoms with Gasteiger partial charge in [-0.2, -0.15) is 0 Å². The fourth-order valence-electron chi connectivity index (χ4n) is 1.95. The summed E-state index contributed by atoms with van der Waals surface area (Å²) < 4.78 is 0. The van der Waals surface area contributed by atoms with Crippen LogP contribution in [0.15, 0.2) is 47.4 Å². The molecule has 2 aromatic rings. The highest BCUT2D eigenvalue weighted by Gasteiger charge is 2.10. The second-order valence-electron chi connectivity index (χ2n) is 4.43. The highest BCUT2D eigenvalue weighted by Crippen LogP contribution is 2.26. The number of nitrogens with one attached hydrogen (secondary N) is 1. The lowest BCUT2D eigenvalue weighted by atomic mass is 10.1. The Morgan fingerprint density at radius 2 is 2.00 bits per heavy atom. The van der Waals surface area contributed by atoms with Gasteiger partial charge >= 0.3 is 0 Å². The van der Waals surface area contributed by atoms with Crippen LogP contribution in [-0.2, 0) is 6.54 Å². The zero-order chi connectivity index (χ0) is 14.5.